The van der Waals surface area contributed by atoms with Crippen molar-refractivity contribution in [2.24, 2.45) is 0 Å². The fraction of sp³-hybridized carbons (Fsp3) is 0.136. The number of anilines is 3. The number of fused-ring (bicyclic) bond motifs is 1. The third-order valence-corrected chi connectivity index (χ3v) is 4.74. The molecule has 0 saturated carbocycles. The summed E-state index contributed by atoms with van der Waals surface area (Å²) in [5.74, 6) is -0.0721. The second-order valence-corrected chi connectivity index (χ2v) is 6.60. The number of nitrogens with zero attached hydrogens (tertiary/aromatic N) is 3. The highest BCUT2D eigenvalue weighted by molar-refractivity contribution is 6.08. The Bertz CT molecular complexity index is 1050. The van der Waals surface area contributed by atoms with Crippen molar-refractivity contribution >= 4 is 23.0 Å². The number of hydrogen-bond acceptors (Lipinski definition) is 4. The van der Waals surface area contributed by atoms with Crippen LogP contribution in [0.25, 0.3) is 0 Å². The van der Waals surface area contributed by atoms with Gasteiger partial charge < -0.3 is 10.2 Å². The molecular weight excluding hydrogens is 336 g/mol. The third-order valence-electron chi connectivity index (χ3n) is 4.74. The molecule has 2 heterocycles. The van der Waals surface area contributed by atoms with Gasteiger partial charge in [-0.2, -0.15) is 5.26 Å². The highest BCUT2D eigenvalue weighted by Crippen LogP contribution is 2.33. The van der Waals surface area contributed by atoms with E-state index in [9.17, 15) is 10.1 Å². The molecule has 1 atom stereocenters. The van der Waals surface area contributed by atoms with E-state index in [0.29, 0.717) is 22.5 Å². The zero-order valence-electron chi connectivity index (χ0n) is 14.9. The average molecular weight is 354 g/mol. The number of rotatable bonds is 3. The molecule has 5 nitrogen and oxygen atoms in total. The topological polar surface area (TPSA) is 69.0 Å². The summed E-state index contributed by atoms with van der Waals surface area (Å²) in [6.45, 7) is 2.05. The first-order chi connectivity index (χ1) is 13.2. The van der Waals surface area contributed by atoms with Crippen LogP contribution in [0.2, 0.25) is 0 Å². The minimum absolute atomic E-state index is 0.0721. The summed E-state index contributed by atoms with van der Waals surface area (Å²) in [6, 6.07) is 19.3. The van der Waals surface area contributed by atoms with Crippen LogP contribution in [0.1, 0.15) is 28.4 Å². The van der Waals surface area contributed by atoms with Crippen LogP contribution < -0.4 is 10.2 Å². The molecule has 0 radical (unpaired) electrons. The van der Waals surface area contributed by atoms with Crippen molar-refractivity contribution in [3.05, 3.63) is 83.7 Å². The van der Waals surface area contributed by atoms with Gasteiger partial charge in [-0.3, -0.25) is 9.78 Å². The normalized spacial score (nSPS) is 15.1. The Morgan fingerprint density at radius 1 is 1.19 bits per heavy atom. The van der Waals surface area contributed by atoms with Crippen LogP contribution in [-0.4, -0.2) is 16.9 Å². The Hall–Kier alpha value is -3.65. The monoisotopic (exact) mass is 354 g/mol. The van der Waals surface area contributed by atoms with Crippen molar-refractivity contribution in [2.75, 3.05) is 10.2 Å². The van der Waals surface area contributed by atoms with Gasteiger partial charge in [-0.15, -0.1) is 0 Å². The molecule has 4 rings (SSSR count). The first-order valence-electron chi connectivity index (χ1n) is 8.80. The van der Waals surface area contributed by atoms with E-state index in [4.69, 9.17) is 0 Å². The number of aromatic nitrogens is 1. The molecule has 27 heavy (non-hydrogen) atoms. The highest BCUT2D eigenvalue weighted by atomic mass is 16.2. The first-order valence-corrected chi connectivity index (χ1v) is 8.80. The quantitative estimate of drug-likeness (QED) is 0.762. The van der Waals surface area contributed by atoms with Crippen LogP contribution in [0, 0.1) is 11.3 Å². The largest absolute Gasteiger partial charge is 0.353 e. The Labute approximate surface area is 157 Å². The molecule has 1 N–H and O–H groups in total. The lowest BCUT2D eigenvalue weighted by molar-refractivity contribution is 0.0981. The SMILES string of the molecule is CC1Cc2ccccc2N1C(=O)c1cncc(Nc2ccccc2C#N)c1. The maximum atomic E-state index is 13.2. The van der Waals surface area contributed by atoms with E-state index in [-0.39, 0.29) is 11.9 Å². The zero-order valence-corrected chi connectivity index (χ0v) is 14.9. The number of nitrogens with one attached hydrogen (secondary N) is 1. The lowest BCUT2D eigenvalue weighted by atomic mass is 10.1. The van der Waals surface area contributed by atoms with Gasteiger partial charge in [0.2, 0.25) is 0 Å². The summed E-state index contributed by atoms with van der Waals surface area (Å²) in [4.78, 5) is 19.2. The van der Waals surface area contributed by atoms with E-state index >= 15 is 0 Å². The Morgan fingerprint density at radius 3 is 2.81 bits per heavy atom. The molecular formula is C22H18N4O. The van der Waals surface area contributed by atoms with Gasteiger partial charge in [0.1, 0.15) is 6.07 Å². The molecule has 2 aromatic carbocycles. The van der Waals surface area contributed by atoms with Gasteiger partial charge in [0.25, 0.3) is 5.91 Å². The Balaban J connectivity index is 1.63. The predicted molar refractivity (Wildman–Crippen MR) is 105 cm³/mol. The highest BCUT2D eigenvalue weighted by Gasteiger charge is 2.31. The summed E-state index contributed by atoms with van der Waals surface area (Å²) < 4.78 is 0. The van der Waals surface area contributed by atoms with Crippen molar-refractivity contribution in [1.82, 2.24) is 4.98 Å². The maximum absolute atomic E-state index is 13.2. The number of amides is 1. The molecule has 0 spiro atoms. The number of pyridine rings is 1. The molecule has 0 bridgehead atoms. The van der Waals surface area contributed by atoms with E-state index in [2.05, 4.69) is 29.4 Å². The second kappa shape index (κ2) is 6.93. The van der Waals surface area contributed by atoms with Crippen LogP contribution in [0.5, 0.6) is 0 Å². The smallest absolute Gasteiger partial charge is 0.260 e. The number of carbonyl (C=O) groups excluding carboxylic acids is 1. The van der Waals surface area contributed by atoms with Gasteiger partial charge in [0.15, 0.2) is 0 Å². The molecule has 1 aliphatic heterocycles. The summed E-state index contributed by atoms with van der Waals surface area (Å²) >= 11 is 0. The van der Waals surface area contributed by atoms with Crippen molar-refractivity contribution in [1.29, 1.82) is 5.26 Å². The van der Waals surface area contributed by atoms with Crippen molar-refractivity contribution in [2.45, 2.75) is 19.4 Å². The van der Waals surface area contributed by atoms with Crippen LogP contribution in [0.3, 0.4) is 0 Å². The fourth-order valence-corrected chi connectivity index (χ4v) is 3.48. The Morgan fingerprint density at radius 2 is 1.96 bits per heavy atom. The molecule has 132 valence electrons. The molecule has 1 amide bonds. The molecule has 0 aliphatic carbocycles. The predicted octanol–water partition coefficient (Wildman–Crippen LogP) is 4.29. The lowest BCUT2D eigenvalue weighted by Gasteiger charge is -2.23. The van der Waals surface area contributed by atoms with Crippen LogP contribution in [0.15, 0.2) is 67.0 Å². The maximum Gasteiger partial charge on any atom is 0.260 e. The number of carbonyl (C=O) groups is 1. The van der Waals surface area contributed by atoms with Crippen molar-refractivity contribution < 1.29 is 4.79 Å². The standard InChI is InChI=1S/C22H18N4O/c1-15-10-16-6-3-5-9-21(16)26(15)22(27)18-11-19(14-24-13-18)25-20-8-4-2-7-17(20)12-23/h2-9,11,13-15,25H,10H2,1H3. The van der Waals surface area contributed by atoms with Crippen molar-refractivity contribution in [3.8, 4) is 6.07 Å². The van der Waals surface area contributed by atoms with Crippen LogP contribution >= 0.6 is 0 Å². The molecule has 1 aliphatic rings. The minimum atomic E-state index is -0.0721. The lowest BCUT2D eigenvalue weighted by Crippen LogP contribution is -2.35. The minimum Gasteiger partial charge on any atom is -0.353 e. The zero-order chi connectivity index (χ0) is 18.8. The van der Waals surface area contributed by atoms with Gasteiger partial charge in [-0.05, 0) is 43.2 Å². The van der Waals surface area contributed by atoms with Crippen molar-refractivity contribution in [3.63, 3.8) is 0 Å². The average Bonchev–Trinajstić information content (AvgIpc) is 3.03. The molecule has 1 aromatic heterocycles. The number of nitriles is 1. The summed E-state index contributed by atoms with van der Waals surface area (Å²) in [5, 5.41) is 12.4. The molecule has 3 aromatic rings. The van der Waals surface area contributed by atoms with Gasteiger partial charge in [0.05, 0.1) is 28.7 Å². The summed E-state index contributed by atoms with van der Waals surface area (Å²) in [5.41, 5.74) is 4.55. The van der Waals surface area contributed by atoms with E-state index < -0.39 is 0 Å². The molecule has 1 unspecified atom stereocenters. The van der Waals surface area contributed by atoms with Gasteiger partial charge >= 0.3 is 0 Å². The van der Waals surface area contributed by atoms with E-state index in [1.54, 1.807) is 24.5 Å². The number of para-hydroxylation sites is 2. The number of benzene rings is 2. The molecule has 0 fully saturated rings. The molecule has 5 heteroatoms. The Kier molecular flexibility index (Phi) is 4.31. The number of hydrogen-bond donors (Lipinski definition) is 1. The molecule has 0 saturated heterocycles. The van der Waals surface area contributed by atoms with Crippen LogP contribution in [-0.2, 0) is 6.42 Å². The third kappa shape index (κ3) is 3.13. The van der Waals surface area contributed by atoms with Gasteiger partial charge in [-0.1, -0.05) is 30.3 Å². The van der Waals surface area contributed by atoms with Gasteiger partial charge in [-0.25, -0.2) is 0 Å². The summed E-state index contributed by atoms with van der Waals surface area (Å²) in [7, 11) is 0. The second-order valence-electron chi connectivity index (χ2n) is 6.60. The summed E-state index contributed by atoms with van der Waals surface area (Å²) in [6.07, 6.45) is 4.08. The van der Waals surface area contributed by atoms with Gasteiger partial charge in [0, 0.05) is 17.9 Å². The first kappa shape index (κ1) is 16.8. The van der Waals surface area contributed by atoms with E-state index in [0.717, 1.165) is 12.1 Å². The van der Waals surface area contributed by atoms with E-state index in [1.165, 1.54) is 5.56 Å². The van der Waals surface area contributed by atoms with E-state index in [1.807, 2.05) is 41.3 Å². The van der Waals surface area contributed by atoms with Crippen LogP contribution in [0.4, 0.5) is 17.1 Å². The fourth-order valence-electron chi connectivity index (χ4n) is 3.48.